The molecule has 0 radical (unpaired) electrons. The molecule has 278 valence electrons. The summed E-state index contributed by atoms with van der Waals surface area (Å²) < 4.78 is 0. The second-order valence-corrected chi connectivity index (χ2v) is 17.2. The largest absolute Gasteiger partial charge is 0.341 e. The van der Waals surface area contributed by atoms with Crippen LogP contribution in [-0.4, -0.2) is 12.1 Å². The molecule has 0 N–H and O–H groups in total. The van der Waals surface area contributed by atoms with Crippen molar-refractivity contribution in [3.8, 4) is 11.1 Å². The molecule has 3 aromatic carbocycles. The number of allylic oxidation sites excluding steroid dienone is 15. The molecule has 8 aliphatic rings. The Kier molecular flexibility index (Phi) is 8.67. The molecule has 0 saturated heterocycles. The predicted molar refractivity (Wildman–Crippen MR) is 234 cm³/mol. The van der Waals surface area contributed by atoms with Gasteiger partial charge in [0.25, 0.3) is 0 Å². The minimum atomic E-state index is 0.308. The zero-order chi connectivity index (χ0) is 37.0. The molecule has 2 nitrogen and oxygen atoms in total. The second kappa shape index (κ2) is 14.3. The van der Waals surface area contributed by atoms with E-state index in [4.69, 9.17) is 0 Å². The van der Waals surface area contributed by atoms with Crippen LogP contribution in [0.2, 0.25) is 0 Å². The van der Waals surface area contributed by atoms with Crippen molar-refractivity contribution in [1.82, 2.24) is 0 Å². The lowest BCUT2D eigenvalue weighted by Crippen LogP contribution is -2.38. The van der Waals surface area contributed by atoms with Crippen molar-refractivity contribution < 1.29 is 0 Å². The summed E-state index contributed by atoms with van der Waals surface area (Å²) in [5.41, 5.74) is 15.8. The molecule has 0 aromatic heterocycles. The van der Waals surface area contributed by atoms with E-state index in [0.717, 1.165) is 38.5 Å². The topological polar surface area (TPSA) is 6.48 Å². The van der Waals surface area contributed by atoms with E-state index in [1.807, 2.05) is 0 Å². The Labute approximate surface area is 333 Å². The number of anilines is 2. The molecule has 2 heterocycles. The molecule has 0 bridgehead atoms. The van der Waals surface area contributed by atoms with Crippen molar-refractivity contribution in [2.45, 2.75) is 81.7 Å². The Morgan fingerprint density at radius 1 is 0.536 bits per heavy atom. The molecule has 0 amide bonds. The number of rotatable bonds is 6. The highest BCUT2D eigenvalue weighted by molar-refractivity contribution is 5.74. The highest BCUT2D eigenvalue weighted by Gasteiger charge is 2.45. The van der Waals surface area contributed by atoms with E-state index in [0.29, 0.717) is 41.7 Å². The van der Waals surface area contributed by atoms with Gasteiger partial charge in [-0.2, -0.15) is 0 Å². The van der Waals surface area contributed by atoms with Crippen LogP contribution < -0.4 is 9.80 Å². The van der Waals surface area contributed by atoms with Crippen LogP contribution in [0.15, 0.2) is 192 Å². The molecule has 0 saturated carbocycles. The molecule has 2 heteroatoms. The van der Waals surface area contributed by atoms with Crippen LogP contribution >= 0.6 is 0 Å². The van der Waals surface area contributed by atoms with Crippen LogP contribution in [0.1, 0.15) is 80.8 Å². The van der Waals surface area contributed by atoms with Crippen molar-refractivity contribution in [2.24, 2.45) is 17.8 Å². The standard InChI is InChI=1S/C54H52N2/c1-4-15-37(16-5-1)40-21-14-22-45(32-40)55-51-25-12-10-23-47(51)49-29-27-41(35-53(49)55)42-28-30-50-48-24-11-13-26-52(48)56(54(50)36-42)46-33-43(38-17-6-2-7-18-38)31-44(34-46)39-19-8-3-9-20-39/h2-4,6-11,14-15,17-19,21-24,27-35,37,39,42,49-50,53-54H,1,5,12-13,16,20,25-26,36H2. The number of fused-ring (bicyclic) bond motifs is 4. The smallest absolute Gasteiger partial charge is 0.0629 e. The van der Waals surface area contributed by atoms with Crippen molar-refractivity contribution in [3.05, 3.63) is 203 Å². The maximum atomic E-state index is 2.80. The first-order valence-electron chi connectivity index (χ1n) is 21.5. The number of benzene rings is 3. The average Bonchev–Trinajstić information content (AvgIpc) is 3.79. The molecule has 0 spiro atoms. The highest BCUT2D eigenvalue weighted by atomic mass is 15.2. The first kappa shape index (κ1) is 34.0. The van der Waals surface area contributed by atoms with Gasteiger partial charge in [0.1, 0.15) is 0 Å². The average molecular weight is 729 g/mol. The maximum Gasteiger partial charge on any atom is 0.0629 e. The Morgan fingerprint density at radius 2 is 1.38 bits per heavy atom. The first-order chi connectivity index (χ1) is 27.8. The van der Waals surface area contributed by atoms with Crippen LogP contribution in [0.3, 0.4) is 0 Å². The highest BCUT2D eigenvalue weighted by Crippen LogP contribution is 2.51. The van der Waals surface area contributed by atoms with Crippen LogP contribution in [0.4, 0.5) is 11.4 Å². The summed E-state index contributed by atoms with van der Waals surface area (Å²) in [6.45, 7) is 0. The van der Waals surface area contributed by atoms with Gasteiger partial charge >= 0.3 is 0 Å². The van der Waals surface area contributed by atoms with Gasteiger partial charge in [-0.1, -0.05) is 140 Å². The fourth-order valence-electron chi connectivity index (χ4n) is 11.3. The van der Waals surface area contributed by atoms with Crippen molar-refractivity contribution in [2.75, 3.05) is 9.80 Å². The summed E-state index contributed by atoms with van der Waals surface area (Å²) in [4.78, 5) is 5.53. The molecule has 6 aliphatic carbocycles. The maximum absolute atomic E-state index is 2.80. The Bertz CT molecular complexity index is 2350. The second-order valence-electron chi connectivity index (χ2n) is 17.2. The molecule has 2 aliphatic heterocycles. The lowest BCUT2D eigenvalue weighted by atomic mass is 9.76. The third-order valence-corrected chi connectivity index (χ3v) is 14.0. The molecule has 11 rings (SSSR count). The van der Waals surface area contributed by atoms with E-state index < -0.39 is 0 Å². The summed E-state index contributed by atoms with van der Waals surface area (Å²) in [7, 11) is 0. The van der Waals surface area contributed by atoms with Crippen molar-refractivity contribution >= 4 is 11.4 Å². The molecule has 7 atom stereocenters. The normalized spacial score (nSPS) is 29.8. The van der Waals surface area contributed by atoms with E-state index >= 15 is 0 Å². The zero-order valence-electron chi connectivity index (χ0n) is 32.4. The molecular formula is C54H52N2. The number of nitrogens with zero attached hydrogens (tertiary/aromatic N) is 2. The van der Waals surface area contributed by atoms with E-state index in [2.05, 4.69) is 174 Å². The Hall–Kier alpha value is -5.34. The minimum Gasteiger partial charge on any atom is -0.341 e. The quantitative estimate of drug-likeness (QED) is 0.233. The lowest BCUT2D eigenvalue weighted by Gasteiger charge is -2.38. The van der Waals surface area contributed by atoms with Gasteiger partial charge in [0.2, 0.25) is 0 Å². The predicted octanol–water partition coefficient (Wildman–Crippen LogP) is 13.4. The number of hydrogen-bond donors (Lipinski definition) is 0. The van der Waals surface area contributed by atoms with Crippen molar-refractivity contribution in [3.63, 3.8) is 0 Å². The molecule has 7 unspecified atom stereocenters. The van der Waals surface area contributed by atoms with E-state index in [9.17, 15) is 0 Å². The van der Waals surface area contributed by atoms with Crippen LogP contribution in [0.5, 0.6) is 0 Å². The lowest BCUT2D eigenvalue weighted by molar-refractivity contribution is 0.468. The summed E-state index contributed by atoms with van der Waals surface area (Å²) in [5.74, 6) is 2.11. The van der Waals surface area contributed by atoms with Gasteiger partial charge in [0.05, 0.1) is 6.04 Å². The molecule has 0 fully saturated rings. The zero-order valence-corrected chi connectivity index (χ0v) is 32.4. The first-order valence-corrected chi connectivity index (χ1v) is 21.5. The van der Waals surface area contributed by atoms with Crippen molar-refractivity contribution in [1.29, 1.82) is 0 Å². The summed E-state index contributed by atoms with van der Waals surface area (Å²) in [6.07, 6.45) is 46.9. The van der Waals surface area contributed by atoms with Crippen LogP contribution in [0.25, 0.3) is 11.1 Å². The van der Waals surface area contributed by atoms with E-state index in [1.54, 1.807) is 0 Å². The monoisotopic (exact) mass is 728 g/mol. The third kappa shape index (κ3) is 5.92. The minimum absolute atomic E-state index is 0.308. The van der Waals surface area contributed by atoms with Gasteiger partial charge in [-0.05, 0) is 121 Å². The SMILES string of the molecule is C1=CCC(c2cc(-c3ccccc3)cc(N3C4=C(C=CCC4)C4C=CC(C5=CC6C(C=C5)C5=C(CCC=C5)N6c5cccc(C6C=CCCC6)c5)CC43)c2)C=C1. The van der Waals surface area contributed by atoms with Gasteiger partial charge < -0.3 is 9.80 Å². The Morgan fingerprint density at radius 3 is 2.20 bits per heavy atom. The van der Waals surface area contributed by atoms with Crippen LogP contribution in [-0.2, 0) is 0 Å². The summed E-state index contributed by atoms with van der Waals surface area (Å²) in [6, 6.07) is 28.7. The van der Waals surface area contributed by atoms with E-state index in [1.165, 1.54) is 81.0 Å². The fourth-order valence-corrected chi connectivity index (χ4v) is 11.3. The van der Waals surface area contributed by atoms with Gasteiger partial charge in [-0.25, -0.2) is 0 Å². The summed E-state index contributed by atoms with van der Waals surface area (Å²) in [5, 5.41) is 0. The third-order valence-electron chi connectivity index (χ3n) is 14.0. The van der Waals surface area contributed by atoms with Gasteiger partial charge in [0.15, 0.2) is 0 Å². The van der Waals surface area contributed by atoms with E-state index in [-0.39, 0.29) is 0 Å². The molecule has 56 heavy (non-hydrogen) atoms. The Balaban J connectivity index is 0.950. The van der Waals surface area contributed by atoms with Gasteiger partial charge in [0, 0.05) is 58.4 Å². The van der Waals surface area contributed by atoms with Crippen LogP contribution in [0, 0.1) is 17.8 Å². The number of hydrogen-bond acceptors (Lipinski definition) is 2. The van der Waals surface area contributed by atoms with Gasteiger partial charge in [-0.3, -0.25) is 0 Å². The summed E-state index contributed by atoms with van der Waals surface area (Å²) >= 11 is 0. The molecule has 3 aromatic rings. The van der Waals surface area contributed by atoms with Gasteiger partial charge in [-0.15, -0.1) is 0 Å². The fraction of sp³-hybridized carbons (Fsp3) is 0.296. The molecular weight excluding hydrogens is 677 g/mol.